The van der Waals surface area contributed by atoms with Gasteiger partial charge in [0, 0.05) is 33.7 Å². The fourth-order valence-corrected chi connectivity index (χ4v) is 8.15. The predicted molar refractivity (Wildman–Crippen MR) is 203 cm³/mol. The van der Waals surface area contributed by atoms with Crippen molar-refractivity contribution >= 4 is 29.6 Å². The molecule has 2 fully saturated rings. The lowest BCUT2D eigenvalue weighted by Gasteiger charge is -2.41. The summed E-state index contributed by atoms with van der Waals surface area (Å²) in [5, 5.41) is 18.5. The van der Waals surface area contributed by atoms with E-state index in [-0.39, 0.29) is 60.3 Å². The molecule has 11 atom stereocenters. The molecular formula is C40H64FN5O8. The molecule has 0 unspecified atom stereocenters. The molecule has 0 radical (unpaired) electrons. The number of likely N-dealkylation sites (tertiary alicyclic amines) is 1. The molecule has 1 saturated heterocycles. The van der Waals surface area contributed by atoms with Gasteiger partial charge in [-0.2, -0.15) is 0 Å². The van der Waals surface area contributed by atoms with E-state index >= 15 is 0 Å². The van der Waals surface area contributed by atoms with Crippen LogP contribution in [0.25, 0.3) is 0 Å². The molecule has 1 heterocycles. The number of aliphatic carboxylic acids is 1. The van der Waals surface area contributed by atoms with E-state index in [1.54, 1.807) is 32.0 Å². The highest BCUT2D eigenvalue weighted by Crippen LogP contribution is 2.50. The number of fused-ring (bicyclic) bond motifs is 1. The topological polar surface area (TPSA) is 167 Å². The van der Waals surface area contributed by atoms with Crippen LogP contribution in [0.1, 0.15) is 79.7 Å². The Bertz CT molecular complexity index is 1460. The number of ether oxygens (including phenoxy) is 2. The number of benzene rings is 1. The molecule has 13 nitrogen and oxygen atoms in total. The number of hydrogen-bond donors (Lipinski definition) is 4. The Balaban J connectivity index is 1.80. The molecule has 1 aliphatic heterocycles. The number of carboxylic acid groups (broad SMARTS) is 1. The number of nitrogens with one attached hydrogen (secondary N) is 3. The monoisotopic (exact) mass is 761 g/mol. The average Bonchev–Trinajstić information content (AvgIpc) is 3.78. The fourth-order valence-electron chi connectivity index (χ4n) is 8.15. The molecule has 1 aliphatic carbocycles. The highest BCUT2D eigenvalue weighted by molar-refractivity contribution is 5.90. The first-order valence-corrected chi connectivity index (χ1v) is 19.3. The molecule has 4 amide bonds. The van der Waals surface area contributed by atoms with E-state index in [1.807, 2.05) is 46.4 Å². The van der Waals surface area contributed by atoms with Gasteiger partial charge in [0.15, 0.2) is 0 Å². The minimum Gasteiger partial charge on any atom is -0.480 e. The number of carbonyl (C=O) groups is 5. The van der Waals surface area contributed by atoms with Crippen LogP contribution >= 0.6 is 0 Å². The van der Waals surface area contributed by atoms with E-state index in [0.29, 0.717) is 18.4 Å². The van der Waals surface area contributed by atoms with E-state index in [9.17, 15) is 33.5 Å². The number of hydrogen-bond acceptors (Lipinski definition) is 8. The Morgan fingerprint density at radius 2 is 1.61 bits per heavy atom. The molecule has 14 heteroatoms. The molecule has 54 heavy (non-hydrogen) atoms. The average molecular weight is 762 g/mol. The second-order valence-corrected chi connectivity index (χ2v) is 15.9. The van der Waals surface area contributed by atoms with Crippen LogP contribution in [0.3, 0.4) is 0 Å². The smallest absolute Gasteiger partial charge is 0.326 e. The first-order valence-electron chi connectivity index (χ1n) is 19.3. The number of piperidine rings is 1. The van der Waals surface area contributed by atoms with E-state index in [4.69, 9.17) is 9.47 Å². The highest BCUT2D eigenvalue weighted by atomic mass is 19.1. The third-order valence-corrected chi connectivity index (χ3v) is 11.5. The maximum Gasteiger partial charge on any atom is 0.326 e. The van der Waals surface area contributed by atoms with Gasteiger partial charge >= 0.3 is 5.97 Å². The molecule has 0 aromatic heterocycles. The van der Waals surface area contributed by atoms with Gasteiger partial charge in [-0.05, 0) is 61.3 Å². The van der Waals surface area contributed by atoms with Crippen molar-refractivity contribution in [2.24, 2.45) is 29.6 Å². The molecule has 1 aromatic rings. The summed E-state index contributed by atoms with van der Waals surface area (Å²) in [5.74, 6) is -3.84. The number of nitrogens with zero attached hydrogens (tertiary/aromatic N) is 2. The third kappa shape index (κ3) is 10.8. The molecule has 2 aliphatic rings. The van der Waals surface area contributed by atoms with Crippen molar-refractivity contribution in [2.75, 3.05) is 28.3 Å². The number of methoxy groups -OCH3 is 2. The molecule has 4 N–H and O–H groups in total. The van der Waals surface area contributed by atoms with Crippen molar-refractivity contribution in [1.82, 2.24) is 25.8 Å². The summed E-state index contributed by atoms with van der Waals surface area (Å²) in [5.41, 5.74) is 0.431. The summed E-state index contributed by atoms with van der Waals surface area (Å²) >= 11 is 0. The quantitative estimate of drug-likeness (QED) is 0.147. The highest BCUT2D eigenvalue weighted by Gasteiger charge is 2.57. The van der Waals surface area contributed by atoms with Gasteiger partial charge in [0.1, 0.15) is 17.9 Å². The molecule has 0 bridgehead atoms. The number of carboxylic acids is 1. The van der Waals surface area contributed by atoms with Crippen molar-refractivity contribution in [3.05, 3.63) is 35.6 Å². The van der Waals surface area contributed by atoms with Crippen LogP contribution in [-0.2, 0) is 39.9 Å². The van der Waals surface area contributed by atoms with Gasteiger partial charge in [0.2, 0.25) is 23.6 Å². The van der Waals surface area contributed by atoms with Gasteiger partial charge in [0.05, 0.1) is 42.7 Å². The third-order valence-electron chi connectivity index (χ3n) is 11.5. The Kier molecular flexibility index (Phi) is 16.4. The maximum atomic E-state index is 14.4. The maximum absolute atomic E-state index is 14.4. The molecule has 304 valence electrons. The lowest BCUT2D eigenvalue weighted by atomic mass is 9.89. The first kappa shape index (κ1) is 44.8. The van der Waals surface area contributed by atoms with Crippen LogP contribution in [0.4, 0.5) is 4.39 Å². The molecule has 0 spiro atoms. The zero-order chi connectivity index (χ0) is 40.6. The van der Waals surface area contributed by atoms with Crippen molar-refractivity contribution in [3.63, 3.8) is 0 Å². The lowest BCUT2D eigenvalue weighted by Crippen LogP contribution is -2.59. The van der Waals surface area contributed by atoms with Crippen LogP contribution in [0.15, 0.2) is 24.3 Å². The number of carbonyl (C=O) groups excluding carboxylic acids is 4. The van der Waals surface area contributed by atoms with Gasteiger partial charge in [-0.25, -0.2) is 9.18 Å². The van der Waals surface area contributed by atoms with Crippen LogP contribution in [0.5, 0.6) is 0 Å². The summed E-state index contributed by atoms with van der Waals surface area (Å²) < 4.78 is 25.7. The Morgan fingerprint density at radius 3 is 2.13 bits per heavy atom. The van der Waals surface area contributed by atoms with Gasteiger partial charge in [-0.3, -0.25) is 19.2 Å². The Labute approximate surface area is 320 Å². The first-order chi connectivity index (χ1) is 25.4. The minimum absolute atomic E-state index is 0.0105. The van der Waals surface area contributed by atoms with E-state index < -0.39 is 66.0 Å². The summed E-state index contributed by atoms with van der Waals surface area (Å²) in [6, 6.07) is 2.06. The fraction of sp³-hybridized carbons (Fsp3) is 0.725. The number of halogens is 1. The Hall–Kier alpha value is -3.62. The second-order valence-electron chi connectivity index (χ2n) is 15.9. The number of rotatable bonds is 21. The van der Waals surface area contributed by atoms with Crippen molar-refractivity contribution < 1.29 is 42.9 Å². The normalized spacial score (nSPS) is 22.3. The van der Waals surface area contributed by atoms with Crippen LogP contribution in [0, 0.1) is 35.4 Å². The SMILES string of the molecule is CC[C@H](C)[C@@H]([C@@H](CC(=O)N1[C@H]2C[C@H]2C[C@H]1[C@H](OC)[C@@H](C)C(=O)N[C@@H](Cc1cccc(F)c1)C(=O)O)OC)N(C)C(=O)[C@@H](NC(=O)[C@@H](NC)C(C)C)C(C)C. The largest absolute Gasteiger partial charge is 0.480 e. The second kappa shape index (κ2) is 19.8. The zero-order valence-corrected chi connectivity index (χ0v) is 33.9. The summed E-state index contributed by atoms with van der Waals surface area (Å²) in [4.78, 5) is 70.8. The minimum atomic E-state index is -1.29. The molecule has 1 aromatic carbocycles. The van der Waals surface area contributed by atoms with Crippen LogP contribution in [-0.4, -0.2) is 121 Å². The van der Waals surface area contributed by atoms with Gasteiger partial charge in [-0.15, -0.1) is 0 Å². The van der Waals surface area contributed by atoms with Crippen molar-refractivity contribution in [3.8, 4) is 0 Å². The molecule has 3 rings (SSSR count). The number of amides is 4. The van der Waals surface area contributed by atoms with E-state index in [1.165, 1.54) is 32.4 Å². The summed E-state index contributed by atoms with van der Waals surface area (Å²) in [6.45, 7) is 13.3. The van der Waals surface area contributed by atoms with Gasteiger partial charge in [0.25, 0.3) is 0 Å². The van der Waals surface area contributed by atoms with Crippen LogP contribution in [0.2, 0.25) is 0 Å². The lowest BCUT2D eigenvalue weighted by molar-refractivity contribution is -0.149. The van der Waals surface area contributed by atoms with Gasteiger partial charge in [-0.1, -0.05) is 67.0 Å². The summed E-state index contributed by atoms with van der Waals surface area (Å²) in [6.07, 6.45) is 0.626. The zero-order valence-electron chi connectivity index (χ0n) is 33.9. The predicted octanol–water partition coefficient (Wildman–Crippen LogP) is 3.24. The molecule has 1 saturated carbocycles. The standard InChI is InChI=1S/C40H64FN5O8/c1-12-23(6)35(45(9)39(50)34(22(4)5)44-38(49)33(42-8)21(2)3)31(53-10)20-32(47)46-29-18-26(29)19-30(46)36(54-11)24(7)37(48)43-28(40(51)52)17-25-14-13-15-27(41)16-25/h13-16,21-24,26,28-31,33-36,42H,12,17-20H2,1-11H3,(H,43,48)(H,44,49)(H,51,52)/t23-,24+,26-,28-,29-,30-,31+,33-,34-,35-,36+/m0/s1. The number of likely N-dealkylation sites (N-methyl/N-ethyl adjacent to an activating group) is 2. The van der Waals surface area contributed by atoms with E-state index in [2.05, 4.69) is 16.0 Å². The van der Waals surface area contributed by atoms with Crippen molar-refractivity contribution in [2.45, 2.75) is 129 Å². The molecular weight excluding hydrogens is 697 g/mol. The van der Waals surface area contributed by atoms with Crippen molar-refractivity contribution in [1.29, 1.82) is 0 Å². The van der Waals surface area contributed by atoms with Crippen LogP contribution < -0.4 is 16.0 Å². The summed E-state index contributed by atoms with van der Waals surface area (Å²) in [7, 11) is 6.42. The van der Waals surface area contributed by atoms with Gasteiger partial charge < -0.3 is 40.3 Å². The van der Waals surface area contributed by atoms with E-state index in [0.717, 1.165) is 6.42 Å². The Morgan fingerprint density at radius 1 is 0.963 bits per heavy atom.